The number of benzene rings is 3. The second-order valence-corrected chi connectivity index (χ2v) is 11.3. The number of aromatic hydroxyl groups is 1. The van der Waals surface area contributed by atoms with Gasteiger partial charge in [0.05, 0.1) is 6.54 Å². The molecule has 224 valence electrons. The maximum absolute atomic E-state index is 13.6. The van der Waals surface area contributed by atoms with E-state index in [1.165, 1.54) is 4.90 Å². The lowest BCUT2D eigenvalue weighted by Gasteiger charge is -2.23. The van der Waals surface area contributed by atoms with Gasteiger partial charge in [0, 0.05) is 47.9 Å². The van der Waals surface area contributed by atoms with E-state index in [1.54, 1.807) is 54.6 Å². The first-order chi connectivity index (χ1) is 20.9. The monoisotopic (exact) mass is 582 g/mol. The van der Waals surface area contributed by atoms with Crippen molar-refractivity contribution in [1.29, 1.82) is 0 Å². The van der Waals surface area contributed by atoms with Crippen LogP contribution in [0.1, 0.15) is 64.8 Å². The van der Waals surface area contributed by atoms with Crippen LogP contribution in [0.5, 0.6) is 5.75 Å². The number of fused-ring (bicyclic) bond motifs is 5. The van der Waals surface area contributed by atoms with Crippen LogP contribution in [0.25, 0.3) is 11.1 Å². The molecule has 0 aromatic heterocycles. The Morgan fingerprint density at radius 2 is 1.63 bits per heavy atom. The number of amides is 4. The zero-order valence-electron chi connectivity index (χ0n) is 24.2. The fraction of sp³-hybridized carbons (Fsp3) is 0.353. The molecule has 0 spiro atoms. The molecule has 3 aromatic carbocycles. The molecular weight excluding hydrogens is 544 g/mol. The Balaban J connectivity index is 1.30. The quantitative estimate of drug-likeness (QED) is 0.361. The van der Waals surface area contributed by atoms with E-state index in [0.717, 1.165) is 36.8 Å². The molecular formula is C34H38N4O5. The number of carbonyl (C=O) groups is 4. The highest BCUT2D eigenvalue weighted by molar-refractivity contribution is 5.99. The van der Waals surface area contributed by atoms with Gasteiger partial charge < -0.3 is 26.0 Å². The van der Waals surface area contributed by atoms with E-state index in [-0.39, 0.29) is 41.8 Å². The Hall–Kier alpha value is -4.66. The third kappa shape index (κ3) is 7.80. The molecule has 3 aromatic rings. The van der Waals surface area contributed by atoms with Crippen LogP contribution in [0.15, 0.2) is 66.7 Å². The summed E-state index contributed by atoms with van der Waals surface area (Å²) in [6, 6.07) is 19.2. The Morgan fingerprint density at radius 1 is 0.837 bits per heavy atom. The molecule has 1 aliphatic heterocycles. The lowest BCUT2D eigenvalue weighted by Crippen LogP contribution is -2.42. The average molecular weight is 583 g/mol. The molecule has 1 heterocycles. The van der Waals surface area contributed by atoms with Crippen LogP contribution in [0.3, 0.4) is 0 Å². The van der Waals surface area contributed by atoms with E-state index >= 15 is 0 Å². The van der Waals surface area contributed by atoms with Gasteiger partial charge >= 0.3 is 0 Å². The van der Waals surface area contributed by atoms with Crippen LogP contribution in [0.4, 0.5) is 5.69 Å². The van der Waals surface area contributed by atoms with Crippen molar-refractivity contribution in [2.45, 2.75) is 44.9 Å². The van der Waals surface area contributed by atoms with Gasteiger partial charge in [-0.05, 0) is 85.7 Å². The predicted octanol–water partition coefficient (Wildman–Crippen LogP) is 4.51. The summed E-state index contributed by atoms with van der Waals surface area (Å²) in [5.74, 6) is -0.706. The molecule has 43 heavy (non-hydrogen) atoms. The van der Waals surface area contributed by atoms with E-state index in [1.807, 2.05) is 12.1 Å². The summed E-state index contributed by atoms with van der Waals surface area (Å²) in [4.78, 5) is 53.6. The number of hydrogen-bond donors (Lipinski definition) is 4. The molecule has 1 saturated carbocycles. The Kier molecular flexibility index (Phi) is 9.71. The van der Waals surface area contributed by atoms with E-state index in [2.05, 4.69) is 16.0 Å². The van der Waals surface area contributed by atoms with Crippen molar-refractivity contribution in [1.82, 2.24) is 15.5 Å². The minimum Gasteiger partial charge on any atom is -0.507 e. The van der Waals surface area contributed by atoms with Crippen molar-refractivity contribution >= 4 is 29.3 Å². The summed E-state index contributed by atoms with van der Waals surface area (Å²) in [5, 5.41) is 19.3. The van der Waals surface area contributed by atoms with Crippen molar-refractivity contribution in [3.8, 4) is 16.9 Å². The summed E-state index contributed by atoms with van der Waals surface area (Å²) < 4.78 is 0. The van der Waals surface area contributed by atoms with Crippen molar-refractivity contribution < 1.29 is 24.3 Å². The number of hydrogen-bond acceptors (Lipinski definition) is 5. The number of anilines is 1. The zero-order valence-corrected chi connectivity index (χ0v) is 24.2. The van der Waals surface area contributed by atoms with E-state index < -0.39 is 0 Å². The number of carbonyl (C=O) groups excluding carboxylic acids is 4. The standard InChI is InChI=1S/C34H38N4O5/c39-30-14-13-23-15-17-35-31(40)22-38(18-4-3-16-36-32(41)26-10-5-9-25(20-26)29(30)19-23)34(43)27-11-6-12-28(21-27)37-33(42)24-7-1-2-8-24/h5-6,9-14,19-21,24,39H,1-4,7-8,15-18,22H2,(H,35,40)(H,36,41)(H,37,42). The highest BCUT2D eigenvalue weighted by Gasteiger charge is 2.24. The molecule has 1 aliphatic carbocycles. The summed E-state index contributed by atoms with van der Waals surface area (Å²) in [6.45, 7) is 0.976. The summed E-state index contributed by atoms with van der Waals surface area (Å²) in [5.41, 5.74) is 3.70. The van der Waals surface area contributed by atoms with Gasteiger partial charge in [-0.25, -0.2) is 0 Å². The molecule has 4 N–H and O–H groups in total. The molecule has 2 aliphatic rings. The first kappa shape index (κ1) is 29.8. The van der Waals surface area contributed by atoms with E-state index in [0.29, 0.717) is 61.3 Å². The molecule has 4 bridgehead atoms. The van der Waals surface area contributed by atoms with Gasteiger partial charge in [0.1, 0.15) is 5.75 Å². The van der Waals surface area contributed by atoms with E-state index in [9.17, 15) is 24.3 Å². The molecule has 0 atom stereocenters. The lowest BCUT2D eigenvalue weighted by atomic mass is 9.98. The minimum absolute atomic E-state index is 0.00571. The van der Waals surface area contributed by atoms with Gasteiger partial charge in [0.25, 0.3) is 11.8 Å². The van der Waals surface area contributed by atoms with Crippen LogP contribution in [0, 0.1) is 5.92 Å². The van der Waals surface area contributed by atoms with Crippen molar-refractivity contribution in [3.05, 3.63) is 83.4 Å². The number of phenolic OH excluding ortho intramolecular Hbond substituents is 1. The second kappa shape index (κ2) is 14.0. The SMILES string of the molecule is O=C1CN(C(=O)c2cccc(NC(=O)C3CCCC3)c2)CCCCNC(=O)c2cccc(c2)-c2cc(ccc2O)CCN1. The second-order valence-electron chi connectivity index (χ2n) is 11.3. The largest absolute Gasteiger partial charge is 0.507 e. The van der Waals surface area contributed by atoms with Crippen LogP contribution in [0.2, 0.25) is 0 Å². The van der Waals surface area contributed by atoms with Gasteiger partial charge in [-0.15, -0.1) is 0 Å². The first-order valence-corrected chi connectivity index (χ1v) is 15.0. The van der Waals surface area contributed by atoms with Crippen LogP contribution < -0.4 is 16.0 Å². The average Bonchev–Trinajstić information content (AvgIpc) is 3.56. The van der Waals surface area contributed by atoms with Crippen molar-refractivity contribution in [3.63, 3.8) is 0 Å². The Bertz CT molecular complexity index is 1500. The third-order valence-corrected chi connectivity index (χ3v) is 8.10. The van der Waals surface area contributed by atoms with Gasteiger partial charge in [-0.2, -0.15) is 0 Å². The van der Waals surface area contributed by atoms with Crippen LogP contribution >= 0.6 is 0 Å². The molecule has 9 heteroatoms. The molecule has 0 saturated heterocycles. The smallest absolute Gasteiger partial charge is 0.254 e. The molecule has 5 rings (SSSR count). The summed E-state index contributed by atoms with van der Waals surface area (Å²) >= 11 is 0. The predicted molar refractivity (Wildman–Crippen MR) is 165 cm³/mol. The van der Waals surface area contributed by atoms with Crippen molar-refractivity contribution in [2.24, 2.45) is 5.92 Å². The molecule has 0 unspecified atom stereocenters. The first-order valence-electron chi connectivity index (χ1n) is 15.0. The van der Waals surface area contributed by atoms with Crippen LogP contribution in [-0.2, 0) is 16.0 Å². The van der Waals surface area contributed by atoms with Crippen LogP contribution in [-0.4, -0.2) is 59.8 Å². The molecule has 9 nitrogen and oxygen atoms in total. The molecule has 4 amide bonds. The fourth-order valence-corrected chi connectivity index (χ4v) is 5.70. The lowest BCUT2D eigenvalue weighted by molar-refractivity contribution is -0.122. The Labute approximate surface area is 251 Å². The van der Waals surface area contributed by atoms with Gasteiger partial charge in [0.15, 0.2) is 0 Å². The van der Waals surface area contributed by atoms with Gasteiger partial charge in [-0.3, -0.25) is 19.2 Å². The zero-order chi connectivity index (χ0) is 30.2. The third-order valence-electron chi connectivity index (χ3n) is 8.10. The minimum atomic E-state index is -0.300. The van der Waals surface area contributed by atoms with Gasteiger partial charge in [-0.1, -0.05) is 37.1 Å². The number of phenols is 1. The number of rotatable bonds is 3. The Morgan fingerprint density at radius 3 is 2.47 bits per heavy atom. The topological polar surface area (TPSA) is 128 Å². The number of nitrogens with one attached hydrogen (secondary N) is 3. The molecule has 0 radical (unpaired) electrons. The maximum Gasteiger partial charge on any atom is 0.254 e. The fourth-order valence-electron chi connectivity index (χ4n) is 5.70. The van der Waals surface area contributed by atoms with Gasteiger partial charge in [0.2, 0.25) is 11.8 Å². The van der Waals surface area contributed by atoms with Crippen molar-refractivity contribution in [2.75, 3.05) is 31.5 Å². The number of nitrogens with zero attached hydrogens (tertiary/aromatic N) is 1. The van der Waals surface area contributed by atoms with E-state index in [4.69, 9.17) is 0 Å². The summed E-state index contributed by atoms with van der Waals surface area (Å²) in [7, 11) is 0. The highest BCUT2D eigenvalue weighted by Crippen LogP contribution is 2.31. The highest BCUT2D eigenvalue weighted by atomic mass is 16.3. The summed E-state index contributed by atoms with van der Waals surface area (Å²) in [6.07, 6.45) is 5.59. The normalized spacial score (nSPS) is 16.9. The molecule has 1 fully saturated rings. The maximum atomic E-state index is 13.6.